The van der Waals surface area contributed by atoms with Gasteiger partial charge >= 0.3 is 0 Å². The predicted molar refractivity (Wildman–Crippen MR) is 81.9 cm³/mol. The van der Waals surface area contributed by atoms with Crippen molar-refractivity contribution in [1.29, 1.82) is 0 Å². The lowest BCUT2D eigenvalue weighted by Crippen LogP contribution is -2.50. The molecule has 1 aromatic carbocycles. The van der Waals surface area contributed by atoms with E-state index in [1.165, 1.54) is 6.42 Å². The minimum atomic E-state index is -0.592. The molecule has 1 amide bonds. The molecule has 1 aliphatic rings. The van der Waals surface area contributed by atoms with Crippen LogP contribution in [0.5, 0.6) is 0 Å². The van der Waals surface area contributed by atoms with Gasteiger partial charge in [0.1, 0.15) is 5.54 Å². The Hall–Kier alpha value is -1.03. The van der Waals surface area contributed by atoms with Gasteiger partial charge in [-0.25, -0.2) is 0 Å². The molecular formula is C15H21BrN2O. The van der Waals surface area contributed by atoms with Gasteiger partial charge in [0.25, 0.3) is 0 Å². The first kappa shape index (κ1) is 14.4. The van der Waals surface area contributed by atoms with E-state index in [2.05, 4.69) is 28.2 Å². The second kappa shape index (κ2) is 5.95. The van der Waals surface area contributed by atoms with Gasteiger partial charge in [0, 0.05) is 10.2 Å². The fourth-order valence-electron chi connectivity index (χ4n) is 2.79. The average Bonchev–Trinajstić information content (AvgIpc) is 2.53. The molecule has 3 N–H and O–H groups in total. The predicted octanol–water partition coefficient (Wildman–Crippen LogP) is 3.69. The van der Waals surface area contributed by atoms with Crippen LogP contribution in [0, 0.1) is 5.92 Å². The maximum Gasteiger partial charge on any atom is 0.243 e. The highest BCUT2D eigenvalue weighted by Crippen LogP contribution is 2.33. The van der Waals surface area contributed by atoms with E-state index in [4.69, 9.17) is 5.73 Å². The fourth-order valence-corrected chi connectivity index (χ4v) is 3.19. The quantitative estimate of drug-likeness (QED) is 0.833. The number of nitrogens with two attached hydrogens (primary N) is 1. The van der Waals surface area contributed by atoms with Crippen LogP contribution in [0.4, 0.5) is 5.69 Å². The highest BCUT2D eigenvalue weighted by Gasteiger charge is 2.37. The molecule has 2 atom stereocenters. The summed E-state index contributed by atoms with van der Waals surface area (Å²) in [6.45, 7) is 2.25. The van der Waals surface area contributed by atoms with Gasteiger partial charge in [0.2, 0.25) is 5.91 Å². The maximum absolute atomic E-state index is 12.0. The summed E-state index contributed by atoms with van der Waals surface area (Å²) in [4.78, 5) is 12.0. The lowest BCUT2D eigenvalue weighted by atomic mass is 9.88. The SMILES string of the molecule is CC1CCCC(Nc2cccc(Br)c2)(C(N)=O)CC1. The zero-order valence-corrected chi connectivity index (χ0v) is 12.9. The Bertz CT molecular complexity index is 463. The molecule has 0 bridgehead atoms. The highest BCUT2D eigenvalue weighted by atomic mass is 79.9. The summed E-state index contributed by atoms with van der Waals surface area (Å²) in [5, 5.41) is 3.39. The lowest BCUT2D eigenvalue weighted by molar-refractivity contribution is -0.122. The normalized spacial score (nSPS) is 27.6. The number of halogens is 1. The smallest absolute Gasteiger partial charge is 0.243 e. The molecule has 19 heavy (non-hydrogen) atoms. The van der Waals surface area contributed by atoms with Crippen molar-refractivity contribution in [3.05, 3.63) is 28.7 Å². The van der Waals surface area contributed by atoms with E-state index in [9.17, 15) is 4.79 Å². The summed E-state index contributed by atoms with van der Waals surface area (Å²) in [5.74, 6) is 0.437. The molecule has 4 heteroatoms. The number of anilines is 1. The summed E-state index contributed by atoms with van der Waals surface area (Å²) in [6.07, 6.45) is 4.90. The number of amides is 1. The van der Waals surface area contributed by atoms with Crippen LogP contribution in [-0.2, 0) is 4.79 Å². The molecule has 104 valence electrons. The second-order valence-corrected chi connectivity index (χ2v) is 6.53. The molecule has 0 saturated heterocycles. The molecule has 1 aliphatic carbocycles. The van der Waals surface area contributed by atoms with Crippen LogP contribution in [0.1, 0.15) is 39.0 Å². The third kappa shape index (κ3) is 3.50. The summed E-state index contributed by atoms with van der Waals surface area (Å²) in [6, 6.07) is 7.89. The van der Waals surface area contributed by atoms with Crippen molar-refractivity contribution >= 4 is 27.5 Å². The van der Waals surface area contributed by atoms with Gasteiger partial charge < -0.3 is 11.1 Å². The Labute approximate surface area is 123 Å². The molecule has 0 radical (unpaired) electrons. The van der Waals surface area contributed by atoms with E-state index in [0.29, 0.717) is 5.92 Å². The first-order chi connectivity index (χ1) is 9.02. The van der Waals surface area contributed by atoms with Crippen molar-refractivity contribution in [2.45, 2.75) is 44.6 Å². The Kier molecular flexibility index (Phi) is 4.50. The number of nitrogens with one attached hydrogen (secondary N) is 1. The Morgan fingerprint density at radius 1 is 1.42 bits per heavy atom. The van der Waals surface area contributed by atoms with Gasteiger partial charge in [0.15, 0.2) is 0 Å². The van der Waals surface area contributed by atoms with Gasteiger partial charge in [-0.15, -0.1) is 0 Å². The van der Waals surface area contributed by atoms with E-state index in [-0.39, 0.29) is 5.91 Å². The van der Waals surface area contributed by atoms with Gasteiger partial charge in [-0.05, 0) is 43.4 Å². The highest BCUT2D eigenvalue weighted by molar-refractivity contribution is 9.10. The first-order valence-electron chi connectivity index (χ1n) is 6.85. The van der Waals surface area contributed by atoms with Crippen molar-refractivity contribution in [1.82, 2.24) is 0 Å². The van der Waals surface area contributed by atoms with Crippen LogP contribution in [-0.4, -0.2) is 11.4 Å². The maximum atomic E-state index is 12.0. The Balaban J connectivity index is 2.22. The van der Waals surface area contributed by atoms with Gasteiger partial charge in [-0.2, -0.15) is 0 Å². The van der Waals surface area contributed by atoms with E-state index in [1.807, 2.05) is 24.3 Å². The zero-order chi connectivity index (χ0) is 13.9. The minimum Gasteiger partial charge on any atom is -0.371 e. The summed E-state index contributed by atoms with van der Waals surface area (Å²) in [7, 11) is 0. The summed E-state index contributed by atoms with van der Waals surface area (Å²) >= 11 is 3.45. The molecule has 1 aromatic rings. The van der Waals surface area contributed by atoms with Crippen molar-refractivity contribution in [2.24, 2.45) is 11.7 Å². The van der Waals surface area contributed by atoms with E-state index >= 15 is 0 Å². The molecule has 3 nitrogen and oxygen atoms in total. The third-order valence-electron chi connectivity index (χ3n) is 4.04. The first-order valence-corrected chi connectivity index (χ1v) is 7.65. The van der Waals surface area contributed by atoms with Crippen LogP contribution in [0.15, 0.2) is 28.7 Å². The van der Waals surface area contributed by atoms with Crippen molar-refractivity contribution in [3.8, 4) is 0 Å². The van der Waals surface area contributed by atoms with Gasteiger partial charge in [0.05, 0.1) is 0 Å². The molecule has 0 aliphatic heterocycles. The number of hydrogen-bond donors (Lipinski definition) is 2. The van der Waals surface area contributed by atoms with E-state index in [0.717, 1.165) is 35.8 Å². The second-order valence-electron chi connectivity index (χ2n) is 5.62. The van der Waals surface area contributed by atoms with Gasteiger partial charge in [-0.3, -0.25) is 4.79 Å². The molecule has 2 rings (SSSR count). The number of hydrogen-bond acceptors (Lipinski definition) is 2. The van der Waals surface area contributed by atoms with Gasteiger partial charge in [-0.1, -0.05) is 41.8 Å². The summed E-state index contributed by atoms with van der Waals surface area (Å²) in [5.41, 5.74) is 6.05. The molecule has 0 spiro atoms. The number of carbonyl (C=O) groups is 1. The molecule has 2 unspecified atom stereocenters. The van der Waals surface area contributed by atoms with Crippen LogP contribution < -0.4 is 11.1 Å². The fraction of sp³-hybridized carbons (Fsp3) is 0.533. The standard InChI is InChI=1S/C15H21BrN2O/c1-11-4-3-8-15(9-7-11,14(17)19)18-13-6-2-5-12(16)10-13/h2,5-6,10-11,18H,3-4,7-9H2,1H3,(H2,17,19). The lowest BCUT2D eigenvalue weighted by Gasteiger charge is -2.32. The molecule has 0 heterocycles. The molecular weight excluding hydrogens is 304 g/mol. The van der Waals surface area contributed by atoms with E-state index in [1.54, 1.807) is 0 Å². The summed E-state index contributed by atoms with van der Waals surface area (Å²) < 4.78 is 0.999. The monoisotopic (exact) mass is 324 g/mol. The molecule has 0 aromatic heterocycles. The number of primary amides is 1. The number of carbonyl (C=O) groups excluding carboxylic acids is 1. The van der Waals surface area contributed by atoms with Crippen LogP contribution in [0.25, 0.3) is 0 Å². The Morgan fingerprint density at radius 2 is 2.21 bits per heavy atom. The topological polar surface area (TPSA) is 55.1 Å². The van der Waals surface area contributed by atoms with Crippen LogP contribution in [0.2, 0.25) is 0 Å². The Morgan fingerprint density at radius 3 is 2.89 bits per heavy atom. The average molecular weight is 325 g/mol. The zero-order valence-electron chi connectivity index (χ0n) is 11.3. The third-order valence-corrected chi connectivity index (χ3v) is 4.54. The largest absolute Gasteiger partial charge is 0.371 e. The van der Waals surface area contributed by atoms with Crippen molar-refractivity contribution in [2.75, 3.05) is 5.32 Å². The van der Waals surface area contributed by atoms with Crippen molar-refractivity contribution < 1.29 is 4.79 Å². The van der Waals surface area contributed by atoms with Crippen LogP contribution in [0.3, 0.4) is 0 Å². The van der Waals surface area contributed by atoms with Crippen molar-refractivity contribution in [3.63, 3.8) is 0 Å². The molecule has 1 saturated carbocycles. The number of benzene rings is 1. The van der Waals surface area contributed by atoms with E-state index < -0.39 is 5.54 Å². The molecule has 1 fully saturated rings. The van der Waals surface area contributed by atoms with Crippen LogP contribution >= 0.6 is 15.9 Å². The minimum absolute atomic E-state index is 0.235. The number of rotatable bonds is 3.